The van der Waals surface area contributed by atoms with Crippen LogP contribution in [-0.2, 0) is 7.05 Å². The first kappa shape index (κ1) is 19.2. The molecule has 1 aliphatic heterocycles. The second-order valence-corrected chi connectivity index (χ2v) is 7.36. The number of nitrogens with one attached hydrogen (secondary N) is 2. The predicted octanol–water partition coefficient (Wildman–Crippen LogP) is 1.83. The summed E-state index contributed by atoms with van der Waals surface area (Å²) in [4.78, 5) is 16.8. The molecule has 2 unspecified atom stereocenters. The summed E-state index contributed by atoms with van der Waals surface area (Å²) < 4.78 is 21.5. The van der Waals surface area contributed by atoms with Crippen LogP contribution in [0.5, 0.6) is 5.75 Å². The molecular weight excluding hydrogens is 401 g/mol. The van der Waals surface area contributed by atoms with Gasteiger partial charge in [0, 0.05) is 24.7 Å². The molecule has 2 atom stereocenters. The van der Waals surface area contributed by atoms with Crippen molar-refractivity contribution >= 4 is 16.5 Å². The third-order valence-corrected chi connectivity index (χ3v) is 5.47. The van der Waals surface area contributed by atoms with E-state index >= 15 is 0 Å². The second kappa shape index (κ2) is 7.47. The minimum atomic E-state index is -0.501. The average molecular weight is 421 g/mol. The van der Waals surface area contributed by atoms with Crippen LogP contribution in [0.3, 0.4) is 0 Å². The molecule has 0 aliphatic carbocycles. The Balaban J connectivity index is 1.69. The maximum absolute atomic E-state index is 14.3. The van der Waals surface area contributed by atoms with Crippen LogP contribution in [0.4, 0.5) is 10.1 Å². The van der Waals surface area contributed by atoms with E-state index in [-0.39, 0.29) is 17.3 Å². The van der Waals surface area contributed by atoms with Gasteiger partial charge >= 0.3 is 0 Å². The number of hydrogen-bond acceptors (Lipinski definition) is 7. The Labute approximate surface area is 176 Å². The number of benzene rings is 2. The summed E-state index contributed by atoms with van der Waals surface area (Å²) in [5, 5.41) is 15.3. The van der Waals surface area contributed by atoms with Crippen molar-refractivity contribution in [3.63, 3.8) is 0 Å². The maximum Gasteiger partial charge on any atom is 0.272 e. The predicted molar refractivity (Wildman–Crippen MR) is 113 cm³/mol. The molecule has 1 aliphatic rings. The largest absolute Gasteiger partial charge is 0.492 e. The molecule has 0 radical (unpaired) electrons. The van der Waals surface area contributed by atoms with Gasteiger partial charge in [-0.15, -0.1) is 0 Å². The number of anilines is 1. The molecule has 0 spiro atoms. The fourth-order valence-corrected chi connectivity index (χ4v) is 4.12. The maximum atomic E-state index is 14.3. The van der Waals surface area contributed by atoms with Crippen LogP contribution in [0.15, 0.2) is 47.5 Å². The normalized spacial score (nSPS) is 17.5. The summed E-state index contributed by atoms with van der Waals surface area (Å²) >= 11 is 0. The number of hydrogen-bond donors (Lipinski definition) is 3. The van der Waals surface area contributed by atoms with Crippen LogP contribution < -0.4 is 21.3 Å². The monoisotopic (exact) mass is 421 g/mol. The van der Waals surface area contributed by atoms with Crippen LogP contribution in [0.2, 0.25) is 0 Å². The summed E-state index contributed by atoms with van der Waals surface area (Å²) in [6.45, 7) is 0.852. The molecular formula is C21H20FN7O2. The Kier molecular flexibility index (Phi) is 4.63. The van der Waals surface area contributed by atoms with Crippen molar-refractivity contribution in [1.29, 1.82) is 0 Å². The van der Waals surface area contributed by atoms with Crippen LogP contribution in [0.25, 0.3) is 10.8 Å². The van der Waals surface area contributed by atoms with Crippen LogP contribution in [0.1, 0.15) is 29.0 Å². The molecule has 158 valence electrons. The van der Waals surface area contributed by atoms with Gasteiger partial charge in [0.15, 0.2) is 0 Å². The van der Waals surface area contributed by atoms with Gasteiger partial charge in [-0.05, 0) is 29.8 Å². The van der Waals surface area contributed by atoms with Crippen molar-refractivity contribution < 1.29 is 9.13 Å². The van der Waals surface area contributed by atoms with Crippen molar-refractivity contribution in [2.45, 2.75) is 12.0 Å². The number of nitrogens with zero attached hydrogens (tertiary/aromatic N) is 4. The zero-order valence-electron chi connectivity index (χ0n) is 16.7. The molecule has 0 amide bonds. The van der Waals surface area contributed by atoms with Gasteiger partial charge in [-0.1, -0.05) is 12.1 Å². The number of H-pyrrole nitrogens is 1. The first-order valence-corrected chi connectivity index (χ1v) is 9.82. The van der Waals surface area contributed by atoms with Gasteiger partial charge in [-0.2, -0.15) is 10.2 Å². The standard InChI is InChI=1S/C21H20FN7O2/c1-29-20(24-10-25-29)17-18(11-2-4-13(5-3-11)31-7-6-23)26-15-9-12(22)8-14-16(15)19(17)27-28-21(14)30/h2-5,8-10,17-18,26H,6-7,23H2,1H3,(H,28,30). The lowest BCUT2D eigenvalue weighted by molar-refractivity contribution is 0.328. The Morgan fingerprint density at radius 3 is 2.77 bits per heavy atom. The molecule has 4 aromatic rings. The third kappa shape index (κ3) is 3.21. The molecule has 0 saturated carbocycles. The number of nitrogens with two attached hydrogens (primary N) is 1. The molecule has 4 N–H and O–H groups in total. The van der Waals surface area contributed by atoms with E-state index in [1.54, 1.807) is 11.7 Å². The lowest BCUT2D eigenvalue weighted by Gasteiger charge is -2.33. The number of halogens is 1. The Morgan fingerprint density at radius 2 is 2.06 bits per heavy atom. The molecule has 31 heavy (non-hydrogen) atoms. The van der Waals surface area contributed by atoms with E-state index in [1.165, 1.54) is 18.5 Å². The van der Waals surface area contributed by atoms with E-state index in [9.17, 15) is 9.18 Å². The van der Waals surface area contributed by atoms with Gasteiger partial charge in [-0.25, -0.2) is 14.5 Å². The Morgan fingerprint density at radius 1 is 1.26 bits per heavy atom. The highest BCUT2D eigenvalue weighted by atomic mass is 19.1. The van der Waals surface area contributed by atoms with Gasteiger partial charge < -0.3 is 15.8 Å². The number of aromatic nitrogens is 5. The average Bonchev–Trinajstić information content (AvgIpc) is 3.19. The van der Waals surface area contributed by atoms with Crippen molar-refractivity contribution in [2.24, 2.45) is 12.8 Å². The molecule has 0 bridgehead atoms. The Bertz CT molecular complexity index is 1320. The van der Waals surface area contributed by atoms with Gasteiger partial charge in [0.1, 0.15) is 30.3 Å². The number of aromatic amines is 1. The SMILES string of the molecule is Cn1ncnc1C1c2n[nH]c(=O)c3cc(F)cc(c23)NC1c1ccc(OCCN)cc1. The van der Waals surface area contributed by atoms with Gasteiger partial charge in [-0.3, -0.25) is 9.48 Å². The lowest BCUT2D eigenvalue weighted by Crippen LogP contribution is -2.30. The van der Waals surface area contributed by atoms with Crippen molar-refractivity contribution in [3.05, 3.63) is 76.0 Å². The highest BCUT2D eigenvalue weighted by molar-refractivity contribution is 5.97. The van der Waals surface area contributed by atoms with Crippen LogP contribution in [-0.4, -0.2) is 38.1 Å². The summed E-state index contributed by atoms with van der Waals surface area (Å²) in [5.74, 6) is 0.493. The summed E-state index contributed by atoms with van der Waals surface area (Å²) in [5.41, 5.74) is 7.09. The fourth-order valence-electron chi connectivity index (χ4n) is 4.12. The molecule has 2 aromatic carbocycles. The number of aryl methyl sites for hydroxylation is 1. The van der Waals surface area contributed by atoms with E-state index in [0.29, 0.717) is 41.5 Å². The topological polar surface area (TPSA) is 124 Å². The zero-order chi connectivity index (χ0) is 21.5. The third-order valence-electron chi connectivity index (χ3n) is 5.47. The zero-order valence-corrected chi connectivity index (χ0v) is 16.7. The fraction of sp³-hybridized carbons (Fsp3) is 0.238. The Hall–Kier alpha value is -3.79. The highest BCUT2D eigenvalue weighted by Gasteiger charge is 2.37. The summed E-state index contributed by atoms with van der Waals surface area (Å²) in [6, 6.07) is 9.85. The van der Waals surface area contributed by atoms with Crippen LogP contribution in [0, 0.1) is 5.82 Å². The smallest absolute Gasteiger partial charge is 0.272 e. The minimum Gasteiger partial charge on any atom is -0.492 e. The summed E-state index contributed by atoms with van der Waals surface area (Å²) in [6.07, 6.45) is 1.47. The first-order valence-electron chi connectivity index (χ1n) is 9.82. The lowest BCUT2D eigenvalue weighted by atomic mass is 9.83. The molecule has 5 rings (SSSR count). The van der Waals surface area contributed by atoms with E-state index in [0.717, 1.165) is 5.56 Å². The van der Waals surface area contributed by atoms with Crippen molar-refractivity contribution in [1.82, 2.24) is 25.0 Å². The van der Waals surface area contributed by atoms with Gasteiger partial charge in [0.25, 0.3) is 5.56 Å². The van der Waals surface area contributed by atoms with Crippen molar-refractivity contribution in [2.75, 3.05) is 18.5 Å². The van der Waals surface area contributed by atoms with E-state index in [2.05, 4.69) is 25.6 Å². The second-order valence-electron chi connectivity index (χ2n) is 7.36. The molecule has 0 saturated heterocycles. The molecule has 3 heterocycles. The molecule has 0 fully saturated rings. The van der Waals surface area contributed by atoms with E-state index in [1.807, 2.05) is 24.3 Å². The van der Waals surface area contributed by atoms with Crippen LogP contribution >= 0.6 is 0 Å². The minimum absolute atomic E-state index is 0.239. The molecule has 10 heteroatoms. The van der Waals surface area contributed by atoms with Gasteiger partial charge in [0.05, 0.1) is 23.0 Å². The number of rotatable bonds is 5. The van der Waals surface area contributed by atoms with Gasteiger partial charge in [0.2, 0.25) is 0 Å². The number of ether oxygens (including phenoxy) is 1. The van der Waals surface area contributed by atoms with E-state index in [4.69, 9.17) is 10.5 Å². The first-order chi connectivity index (χ1) is 15.1. The molecule has 2 aromatic heterocycles. The van der Waals surface area contributed by atoms with Crippen molar-refractivity contribution in [3.8, 4) is 5.75 Å². The highest BCUT2D eigenvalue weighted by Crippen LogP contribution is 2.45. The summed E-state index contributed by atoms with van der Waals surface area (Å²) in [7, 11) is 1.80. The van der Waals surface area contributed by atoms with E-state index < -0.39 is 11.4 Å². The molecule has 9 nitrogen and oxygen atoms in total. The quantitative estimate of drug-likeness (QED) is 0.449.